The number of nitrogens with zero attached hydrogens (tertiary/aromatic N) is 4. The maximum Gasteiger partial charge on any atom is 0.251 e. The molecule has 0 bridgehead atoms. The first kappa shape index (κ1) is 13.6. The minimum atomic E-state index is -0.293. The number of hydrogen-bond acceptors (Lipinski definition) is 3. The van der Waals surface area contributed by atoms with E-state index in [-0.39, 0.29) is 5.82 Å². The molecule has 4 aromatic rings. The zero-order chi connectivity index (χ0) is 15.8. The Morgan fingerprint density at radius 1 is 1.09 bits per heavy atom. The average molecular weight is 303 g/mol. The number of rotatable bonds is 2. The van der Waals surface area contributed by atoms with Crippen molar-refractivity contribution in [1.82, 2.24) is 19.7 Å². The molecular formula is C18H12FN4. The van der Waals surface area contributed by atoms with Crippen LogP contribution in [0.4, 0.5) is 4.39 Å². The van der Waals surface area contributed by atoms with E-state index in [4.69, 9.17) is 0 Å². The second kappa shape index (κ2) is 5.28. The van der Waals surface area contributed by atoms with E-state index in [0.717, 1.165) is 16.6 Å². The molecule has 1 radical (unpaired) electrons. The highest BCUT2D eigenvalue weighted by Gasteiger charge is 2.11. The summed E-state index contributed by atoms with van der Waals surface area (Å²) in [6.45, 7) is 1.94. The molecule has 0 aliphatic carbocycles. The lowest BCUT2D eigenvalue weighted by Crippen LogP contribution is -2.03. The van der Waals surface area contributed by atoms with Crippen LogP contribution in [0.5, 0.6) is 0 Å². The van der Waals surface area contributed by atoms with E-state index in [0.29, 0.717) is 17.1 Å². The fourth-order valence-corrected chi connectivity index (χ4v) is 2.58. The first-order valence-corrected chi connectivity index (χ1v) is 7.17. The van der Waals surface area contributed by atoms with Crippen LogP contribution in [0.1, 0.15) is 5.69 Å². The summed E-state index contributed by atoms with van der Waals surface area (Å²) in [7, 11) is 0. The molecule has 4 rings (SSSR count). The summed E-state index contributed by atoms with van der Waals surface area (Å²) >= 11 is 0. The Morgan fingerprint density at radius 3 is 2.65 bits per heavy atom. The highest BCUT2D eigenvalue weighted by atomic mass is 19.1. The zero-order valence-corrected chi connectivity index (χ0v) is 12.4. The molecule has 0 aliphatic rings. The quantitative estimate of drug-likeness (QED) is 0.567. The summed E-state index contributed by atoms with van der Waals surface area (Å²) < 4.78 is 15.5. The van der Waals surface area contributed by atoms with Crippen LogP contribution in [0.15, 0.2) is 54.9 Å². The Bertz CT molecular complexity index is 990. The van der Waals surface area contributed by atoms with Gasteiger partial charge in [0, 0.05) is 28.9 Å². The lowest BCUT2D eigenvalue weighted by molar-refractivity contribution is 0.631. The minimum absolute atomic E-state index is 0.293. The van der Waals surface area contributed by atoms with Gasteiger partial charge in [-0.3, -0.25) is 0 Å². The van der Waals surface area contributed by atoms with Crippen molar-refractivity contribution in [3.8, 4) is 17.1 Å². The first-order valence-electron chi connectivity index (χ1n) is 7.17. The van der Waals surface area contributed by atoms with Gasteiger partial charge in [0.15, 0.2) is 0 Å². The van der Waals surface area contributed by atoms with Crippen LogP contribution in [0.2, 0.25) is 0 Å². The van der Waals surface area contributed by atoms with Crippen molar-refractivity contribution < 1.29 is 4.39 Å². The van der Waals surface area contributed by atoms with Gasteiger partial charge < -0.3 is 0 Å². The van der Waals surface area contributed by atoms with Gasteiger partial charge in [0.2, 0.25) is 0 Å². The molecule has 23 heavy (non-hydrogen) atoms. The lowest BCUT2D eigenvalue weighted by atomic mass is 10.1. The Morgan fingerprint density at radius 2 is 1.87 bits per heavy atom. The van der Waals surface area contributed by atoms with Gasteiger partial charge in [-0.15, -0.1) is 0 Å². The molecule has 4 nitrogen and oxygen atoms in total. The monoisotopic (exact) mass is 303 g/mol. The topological polar surface area (TPSA) is 43.6 Å². The van der Waals surface area contributed by atoms with E-state index in [9.17, 15) is 4.39 Å². The van der Waals surface area contributed by atoms with Gasteiger partial charge in [-0.1, -0.05) is 30.3 Å². The maximum absolute atomic E-state index is 13.8. The molecule has 0 saturated carbocycles. The van der Waals surface area contributed by atoms with E-state index in [2.05, 4.69) is 21.1 Å². The summed E-state index contributed by atoms with van der Waals surface area (Å²) in [5.41, 5.74) is 2.90. The average Bonchev–Trinajstić information content (AvgIpc) is 2.93. The molecule has 0 atom stereocenters. The first-order chi connectivity index (χ1) is 11.2. The van der Waals surface area contributed by atoms with Gasteiger partial charge in [0.05, 0.1) is 11.2 Å². The third-order valence-electron chi connectivity index (χ3n) is 3.72. The van der Waals surface area contributed by atoms with Crippen LogP contribution >= 0.6 is 0 Å². The molecular weight excluding hydrogens is 291 g/mol. The van der Waals surface area contributed by atoms with Crippen molar-refractivity contribution in [3.63, 3.8) is 0 Å². The maximum atomic E-state index is 13.8. The van der Waals surface area contributed by atoms with Crippen LogP contribution in [0.3, 0.4) is 0 Å². The standard InChI is InChI=1S/C18H12FN4/c1-12-14-6-3-5-9-17(14)23(22-12)18-20-10-13(11-21-18)15-7-2-4-8-16(15)19/h2-4,6-11H,1H3. The van der Waals surface area contributed by atoms with Crippen LogP contribution in [0.25, 0.3) is 28.0 Å². The third kappa shape index (κ3) is 2.26. The van der Waals surface area contributed by atoms with Gasteiger partial charge in [0.1, 0.15) is 5.82 Å². The molecule has 2 aromatic heterocycles. The predicted octanol–water partition coefficient (Wildman–Crippen LogP) is 3.73. The summed E-state index contributed by atoms with van der Waals surface area (Å²) in [5, 5.41) is 5.51. The van der Waals surface area contributed by atoms with Gasteiger partial charge in [-0.25, -0.2) is 14.4 Å². The Balaban J connectivity index is 1.80. The number of aryl methyl sites for hydroxylation is 1. The summed E-state index contributed by atoms with van der Waals surface area (Å²) in [6.07, 6.45) is 3.21. The fraction of sp³-hybridized carbons (Fsp3) is 0.0556. The van der Waals surface area contributed by atoms with Gasteiger partial charge in [-0.2, -0.15) is 9.78 Å². The number of hydrogen-bond donors (Lipinski definition) is 0. The molecule has 111 valence electrons. The zero-order valence-electron chi connectivity index (χ0n) is 12.4. The van der Waals surface area contributed by atoms with Crippen LogP contribution < -0.4 is 0 Å². The van der Waals surface area contributed by atoms with Crippen molar-refractivity contribution in [2.75, 3.05) is 0 Å². The number of benzene rings is 2. The van der Waals surface area contributed by atoms with E-state index >= 15 is 0 Å². The van der Waals surface area contributed by atoms with Gasteiger partial charge >= 0.3 is 0 Å². The van der Waals surface area contributed by atoms with Gasteiger partial charge in [0.25, 0.3) is 5.95 Å². The largest absolute Gasteiger partial charge is 0.251 e. The van der Waals surface area contributed by atoms with Crippen molar-refractivity contribution in [1.29, 1.82) is 0 Å². The predicted molar refractivity (Wildman–Crippen MR) is 85.6 cm³/mol. The molecule has 0 fully saturated rings. The fourth-order valence-electron chi connectivity index (χ4n) is 2.58. The Kier molecular flexibility index (Phi) is 3.12. The van der Waals surface area contributed by atoms with Crippen molar-refractivity contribution in [3.05, 3.63) is 72.4 Å². The highest BCUT2D eigenvalue weighted by Crippen LogP contribution is 2.23. The smallest absolute Gasteiger partial charge is 0.219 e. The van der Waals surface area contributed by atoms with E-state index < -0.39 is 0 Å². The lowest BCUT2D eigenvalue weighted by Gasteiger charge is -2.04. The molecule has 0 unspecified atom stereocenters. The number of aromatic nitrogens is 4. The molecule has 0 N–H and O–H groups in total. The Labute approximate surface area is 132 Å². The summed E-state index contributed by atoms with van der Waals surface area (Å²) in [5.74, 6) is 0.154. The molecule has 5 heteroatoms. The van der Waals surface area contributed by atoms with E-state index in [1.165, 1.54) is 6.07 Å². The molecule has 0 amide bonds. The summed E-state index contributed by atoms with van der Waals surface area (Å²) in [4.78, 5) is 8.68. The SMILES string of the molecule is Cc1nn(-c2ncc(-c3ccccc3F)cn2)c2c[c]ccc12. The van der Waals surface area contributed by atoms with E-state index in [1.54, 1.807) is 35.3 Å². The normalized spacial score (nSPS) is 11.0. The highest BCUT2D eigenvalue weighted by molar-refractivity contribution is 5.82. The molecule has 0 spiro atoms. The second-order valence-corrected chi connectivity index (χ2v) is 5.19. The number of halogens is 1. The Hall–Kier alpha value is -3.08. The van der Waals surface area contributed by atoms with Crippen molar-refractivity contribution >= 4 is 10.9 Å². The second-order valence-electron chi connectivity index (χ2n) is 5.19. The van der Waals surface area contributed by atoms with E-state index in [1.807, 2.05) is 25.1 Å². The van der Waals surface area contributed by atoms with Crippen molar-refractivity contribution in [2.45, 2.75) is 6.92 Å². The molecule has 0 saturated heterocycles. The van der Waals surface area contributed by atoms with Crippen LogP contribution in [-0.2, 0) is 0 Å². The molecule has 0 aliphatic heterocycles. The van der Waals surface area contributed by atoms with Crippen LogP contribution in [-0.4, -0.2) is 19.7 Å². The minimum Gasteiger partial charge on any atom is -0.219 e. The molecule has 2 heterocycles. The van der Waals surface area contributed by atoms with Crippen molar-refractivity contribution in [2.24, 2.45) is 0 Å². The third-order valence-corrected chi connectivity index (χ3v) is 3.72. The molecule has 2 aromatic carbocycles. The van der Waals surface area contributed by atoms with Gasteiger partial charge in [-0.05, 0) is 25.1 Å². The summed E-state index contributed by atoms with van der Waals surface area (Å²) in [6, 6.07) is 15.3. The van der Waals surface area contributed by atoms with Crippen LogP contribution in [0, 0.1) is 18.8 Å². The number of fused-ring (bicyclic) bond motifs is 1.